The number of anilines is 2. The number of hydrogen-bond donors (Lipinski definition) is 4. The zero-order chi connectivity index (χ0) is 13.0. The number of hydrogen-bond acceptors (Lipinski definition) is 8. The number of hydrazine groups is 1. The van der Waals surface area contributed by atoms with Crippen molar-refractivity contribution in [2.24, 2.45) is 11.6 Å². The van der Waals surface area contributed by atoms with Gasteiger partial charge < -0.3 is 11.1 Å². The van der Waals surface area contributed by atoms with Gasteiger partial charge in [-0.15, -0.1) is 0 Å². The van der Waals surface area contributed by atoms with Gasteiger partial charge in [0.1, 0.15) is 0 Å². The third-order valence-corrected chi connectivity index (χ3v) is 1.88. The SMILES string of the molecule is NNc1nc(NCC(N)=O)nc(-n2cccn2)n1. The second kappa shape index (κ2) is 5.05. The summed E-state index contributed by atoms with van der Waals surface area (Å²) in [5.41, 5.74) is 7.31. The van der Waals surface area contributed by atoms with Crippen LogP contribution < -0.4 is 22.3 Å². The summed E-state index contributed by atoms with van der Waals surface area (Å²) in [5, 5.41) is 6.62. The van der Waals surface area contributed by atoms with Crippen LogP contribution in [0.2, 0.25) is 0 Å². The van der Waals surface area contributed by atoms with Crippen molar-refractivity contribution < 1.29 is 4.79 Å². The van der Waals surface area contributed by atoms with Gasteiger partial charge in [0, 0.05) is 12.4 Å². The molecule has 2 rings (SSSR count). The average molecular weight is 249 g/mol. The van der Waals surface area contributed by atoms with Gasteiger partial charge in [-0.05, 0) is 6.07 Å². The van der Waals surface area contributed by atoms with Gasteiger partial charge >= 0.3 is 0 Å². The Kier molecular flexibility index (Phi) is 3.29. The molecule has 0 aliphatic heterocycles. The number of nitrogen functional groups attached to an aromatic ring is 1. The second-order valence-corrected chi connectivity index (χ2v) is 3.20. The van der Waals surface area contributed by atoms with E-state index in [4.69, 9.17) is 11.6 Å². The average Bonchev–Trinajstić information content (AvgIpc) is 2.89. The van der Waals surface area contributed by atoms with E-state index < -0.39 is 5.91 Å². The van der Waals surface area contributed by atoms with Crippen LogP contribution in [0.4, 0.5) is 11.9 Å². The maximum atomic E-state index is 10.7. The first-order valence-electron chi connectivity index (χ1n) is 4.94. The predicted octanol–water partition coefficient (Wildman–Crippen LogP) is -1.76. The number of primary amides is 1. The molecular weight excluding hydrogens is 238 g/mol. The van der Waals surface area contributed by atoms with E-state index in [9.17, 15) is 4.79 Å². The maximum absolute atomic E-state index is 10.7. The molecule has 0 atom stereocenters. The van der Waals surface area contributed by atoms with Crippen LogP contribution in [0.1, 0.15) is 0 Å². The minimum absolute atomic E-state index is 0.0907. The molecule has 0 spiro atoms. The van der Waals surface area contributed by atoms with Crippen molar-refractivity contribution in [1.82, 2.24) is 24.7 Å². The first kappa shape index (κ1) is 11.7. The van der Waals surface area contributed by atoms with Gasteiger partial charge in [-0.2, -0.15) is 20.1 Å². The summed E-state index contributed by atoms with van der Waals surface area (Å²) >= 11 is 0. The Morgan fingerprint density at radius 2 is 2.11 bits per heavy atom. The third kappa shape index (κ3) is 2.68. The van der Waals surface area contributed by atoms with Crippen LogP contribution >= 0.6 is 0 Å². The highest BCUT2D eigenvalue weighted by Gasteiger charge is 2.08. The Hall–Kier alpha value is -2.75. The molecule has 0 saturated carbocycles. The van der Waals surface area contributed by atoms with Crippen LogP contribution in [-0.4, -0.2) is 37.2 Å². The Labute approximate surface area is 101 Å². The lowest BCUT2D eigenvalue weighted by molar-refractivity contribution is -0.116. The monoisotopic (exact) mass is 249 g/mol. The Bertz CT molecular complexity index is 538. The van der Waals surface area contributed by atoms with E-state index in [-0.39, 0.29) is 24.4 Å². The van der Waals surface area contributed by atoms with Gasteiger partial charge in [0.2, 0.25) is 17.8 Å². The number of nitrogens with two attached hydrogens (primary N) is 2. The molecule has 0 aromatic carbocycles. The molecule has 1 amide bonds. The highest BCUT2D eigenvalue weighted by Crippen LogP contribution is 2.07. The lowest BCUT2D eigenvalue weighted by Crippen LogP contribution is -2.24. The molecule has 0 unspecified atom stereocenters. The predicted molar refractivity (Wildman–Crippen MR) is 62.4 cm³/mol. The summed E-state index contributed by atoms with van der Waals surface area (Å²) in [4.78, 5) is 22.7. The van der Waals surface area contributed by atoms with Crippen molar-refractivity contribution in [3.05, 3.63) is 18.5 Å². The van der Waals surface area contributed by atoms with Gasteiger partial charge in [0.15, 0.2) is 0 Å². The first-order valence-corrected chi connectivity index (χ1v) is 4.94. The topological polar surface area (TPSA) is 150 Å². The molecule has 0 fully saturated rings. The molecule has 18 heavy (non-hydrogen) atoms. The van der Waals surface area contributed by atoms with Crippen molar-refractivity contribution in [3.63, 3.8) is 0 Å². The number of aromatic nitrogens is 5. The lowest BCUT2D eigenvalue weighted by atomic mass is 10.6. The molecular formula is C8H11N9O. The van der Waals surface area contributed by atoms with Crippen LogP contribution in [-0.2, 0) is 4.79 Å². The maximum Gasteiger partial charge on any atom is 0.257 e. The fraction of sp³-hybridized carbons (Fsp3) is 0.125. The number of amides is 1. The number of nitrogens with one attached hydrogen (secondary N) is 2. The molecule has 0 aliphatic rings. The van der Waals surface area contributed by atoms with Crippen LogP contribution in [0.3, 0.4) is 0 Å². The van der Waals surface area contributed by atoms with Crippen LogP contribution in [0.5, 0.6) is 0 Å². The van der Waals surface area contributed by atoms with Crippen molar-refractivity contribution in [2.45, 2.75) is 0 Å². The van der Waals surface area contributed by atoms with E-state index >= 15 is 0 Å². The van der Waals surface area contributed by atoms with E-state index in [0.29, 0.717) is 0 Å². The van der Waals surface area contributed by atoms with Crippen molar-refractivity contribution >= 4 is 17.8 Å². The molecule has 2 aromatic heterocycles. The van der Waals surface area contributed by atoms with Gasteiger partial charge in [-0.1, -0.05) is 0 Å². The summed E-state index contributed by atoms with van der Waals surface area (Å²) in [5.74, 6) is 5.28. The highest BCUT2D eigenvalue weighted by molar-refractivity contribution is 5.78. The van der Waals surface area contributed by atoms with Gasteiger partial charge in [0.25, 0.3) is 5.95 Å². The van der Waals surface area contributed by atoms with E-state index in [0.717, 1.165) is 0 Å². The standard InChI is InChI=1S/C8H11N9O/c9-5(18)4-11-6-13-7(16-10)15-8(14-6)17-3-1-2-12-17/h1-3H,4,10H2,(H2,9,18)(H2,11,13,14,15,16). The number of carbonyl (C=O) groups is 1. The first-order chi connectivity index (χ1) is 8.69. The largest absolute Gasteiger partial charge is 0.368 e. The summed E-state index contributed by atoms with van der Waals surface area (Å²) < 4.78 is 1.43. The van der Waals surface area contributed by atoms with E-state index in [1.54, 1.807) is 18.5 Å². The molecule has 10 heteroatoms. The Balaban J connectivity index is 2.30. The molecule has 0 radical (unpaired) electrons. The molecule has 2 heterocycles. The van der Waals surface area contributed by atoms with Crippen LogP contribution in [0, 0.1) is 0 Å². The van der Waals surface area contributed by atoms with E-state index in [1.807, 2.05) is 0 Å². The Morgan fingerprint density at radius 1 is 1.33 bits per heavy atom. The fourth-order valence-corrected chi connectivity index (χ4v) is 1.16. The summed E-state index contributed by atoms with van der Waals surface area (Å²) in [6.45, 7) is -0.0907. The lowest BCUT2D eigenvalue weighted by Gasteiger charge is -2.06. The normalized spacial score (nSPS) is 10.1. The highest BCUT2D eigenvalue weighted by atomic mass is 16.1. The van der Waals surface area contributed by atoms with Crippen molar-refractivity contribution in [2.75, 3.05) is 17.3 Å². The van der Waals surface area contributed by atoms with Crippen LogP contribution in [0.15, 0.2) is 18.5 Å². The molecule has 0 saturated heterocycles. The van der Waals surface area contributed by atoms with Crippen molar-refractivity contribution in [3.8, 4) is 5.95 Å². The number of carbonyl (C=O) groups excluding carboxylic acids is 1. The van der Waals surface area contributed by atoms with Gasteiger partial charge in [0.05, 0.1) is 6.54 Å². The summed E-state index contributed by atoms with van der Waals surface area (Å²) in [6, 6.07) is 1.72. The molecule has 94 valence electrons. The van der Waals surface area contributed by atoms with E-state index in [2.05, 4.69) is 30.8 Å². The minimum atomic E-state index is -0.529. The molecule has 0 bridgehead atoms. The molecule has 2 aromatic rings. The molecule has 10 nitrogen and oxygen atoms in total. The summed E-state index contributed by atoms with van der Waals surface area (Å²) in [6.07, 6.45) is 3.24. The van der Waals surface area contributed by atoms with Gasteiger partial charge in [-0.25, -0.2) is 10.5 Å². The van der Waals surface area contributed by atoms with E-state index in [1.165, 1.54) is 4.68 Å². The summed E-state index contributed by atoms with van der Waals surface area (Å²) in [7, 11) is 0. The number of rotatable bonds is 5. The number of nitrogens with zero attached hydrogens (tertiary/aromatic N) is 5. The Morgan fingerprint density at radius 3 is 2.72 bits per heavy atom. The fourth-order valence-electron chi connectivity index (χ4n) is 1.16. The minimum Gasteiger partial charge on any atom is -0.368 e. The van der Waals surface area contributed by atoms with Gasteiger partial charge in [-0.3, -0.25) is 10.2 Å². The molecule has 6 N–H and O–H groups in total. The molecule has 0 aliphatic carbocycles. The zero-order valence-corrected chi connectivity index (χ0v) is 9.24. The van der Waals surface area contributed by atoms with Crippen molar-refractivity contribution in [1.29, 1.82) is 0 Å². The smallest absolute Gasteiger partial charge is 0.257 e. The quantitative estimate of drug-likeness (QED) is 0.359. The zero-order valence-electron chi connectivity index (χ0n) is 9.24. The van der Waals surface area contributed by atoms with Crippen LogP contribution in [0.25, 0.3) is 5.95 Å². The second-order valence-electron chi connectivity index (χ2n) is 3.20. The third-order valence-electron chi connectivity index (χ3n) is 1.88.